The average Bonchev–Trinajstić information content (AvgIpc) is 2.32. The second-order valence-electron chi connectivity index (χ2n) is 4.66. The number of hydrogen-bond acceptors (Lipinski definition) is 3. The Morgan fingerprint density at radius 2 is 1.89 bits per heavy atom. The molecule has 0 radical (unpaired) electrons. The highest BCUT2D eigenvalue weighted by Gasteiger charge is 2.26. The van der Waals surface area contributed by atoms with E-state index in [1.807, 2.05) is 0 Å². The monoisotopic (exact) mass is 272 g/mol. The molecule has 1 unspecified atom stereocenters. The quantitative estimate of drug-likeness (QED) is 0.763. The standard InChI is InChI=1S/C13H18FO3P/c1-18(15,16-11-7-3-2-4-8-11)17-13-10-6-5-9-12(13)14/h5-6,9-11H,2-4,7-8H2,1H3. The first kappa shape index (κ1) is 13.6. The van der Waals surface area contributed by atoms with E-state index in [-0.39, 0.29) is 11.9 Å². The molecule has 0 aromatic heterocycles. The molecule has 1 saturated carbocycles. The van der Waals surface area contributed by atoms with Crippen molar-refractivity contribution in [2.45, 2.75) is 38.2 Å². The molecule has 0 spiro atoms. The molecule has 1 aromatic carbocycles. The molecular formula is C13H18FO3P. The number of benzene rings is 1. The minimum atomic E-state index is -3.25. The van der Waals surface area contributed by atoms with Gasteiger partial charge in [0.1, 0.15) is 0 Å². The van der Waals surface area contributed by atoms with Crippen molar-refractivity contribution in [1.82, 2.24) is 0 Å². The summed E-state index contributed by atoms with van der Waals surface area (Å²) in [6.07, 6.45) is 5.15. The zero-order valence-electron chi connectivity index (χ0n) is 10.5. The van der Waals surface area contributed by atoms with Crippen molar-refractivity contribution in [1.29, 1.82) is 0 Å². The first-order valence-corrected chi connectivity index (χ1v) is 8.26. The van der Waals surface area contributed by atoms with Crippen LogP contribution in [-0.4, -0.2) is 12.8 Å². The molecule has 0 saturated heterocycles. The van der Waals surface area contributed by atoms with Crippen LogP contribution in [0.1, 0.15) is 32.1 Å². The second-order valence-corrected chi connectivity index (χ2v) is 6.59. The van der Waals surface area contributed by atoms with Crippen molar-refractivity contribution in [2.24, 2.45) is 0 Å². The summed E-state index contributed by atoms with van der Waals surface area (Å²) in [5.74, 6) is -0.536. The highest BCUT2D eigenvalue weighted by molar-refractivity contribution is 7.53. The fraction of sp³-hybridized carbons (Fsp3) is 0.538. The van der Waals surface area contributed by atoms with Gasteiger partial charge >= 0.3 is 7.60 Å². The third-order valence-corrected chi connectivity index (χ3v) is 4.20. The van der Waals surface area contributed by atoms with Crippen LogP contribution >= 0.6 is 7.60 Å². The third-order valence-electron chi connectivity index (χ3n) is 2.99. The molecule has 100 valence electrons. The van der Waals surface area contributed by atoms with Gasteiger partial charge in [0, 0.05) is 6.66 Å². The average molecular weight is 272 g/mol. The molecule has 3 nitrogen and oxygen atoms in total. The Hall–Kier alpha value is -0.860. The van der Waals surface area contributed by atoms with Gasteiger partial charge in [-0.15, -0.1) is 0 Å². The largest absolute Gasteiger partial charge is 0.421 e. The van der Waals surface area contributed by atoms with Crippen LogP contribution in [0, 0.1) is 5.82 Å². The van der Waals surface area contributed by atoms with Gasteiger partial charge in [0.05, 0.1) is 6.10 Å². The van der Waals surface area contributed by atoms with E-state index in [2.05, 4.69) is 0 Å². The molecule has 1 aromatic rings. The van der Waals surface area contributed by atoms with Crippen molar-refractivity contribution in [3.8, 4) is 5.75 Å². The fourth-order valence-corrected chi connectivity index (χ4v) is 3.46. The lowest BCUT2D eigenvalue weighted by atomic mass is 9.98. The van der Waals surface area contributed by atoms with Crippen molar-refractivity contribution >= 4 is 7.60 Å². The summed E-state index contributed by atoms with van der Waals surface area (Å²) in [7, 11) is -3.25. The van der Waals surface area contributed by atoms with Crippen LogP contribution in [0.15, 0.2) is 24.3 Å². The molecule has 0 aliphatic heterocycles. The first-order chi connectivity index (χ1) is 8.57. The normalized spacial score (nSPS) is 20.3. The van der Waals surface area contributed by atoms with Gasteiger partial charge in [0.15, 0.2) is 11.6 Å². The molecule has 0 N–H and O–H groups in total. The Morgan fingerprint density at radius 1 is 1.22 bits per heavy atom. The van der Waals surface area contributed by atoms with Crippen LogP contribution in [0.4, 0.5) is 4.39 Å². The highest BCUT2D eigenvalue weighted by atomic mass is 31.2. The molecule has 2 rings (SSSR count). The predicted molar refractivity (Wildman–Crippen MR) is 68.5 cm³/mol. The zero-order chi connectivity index (χ0) is 13.0. The van der Waals surface area contributed by atoms with Crippen LogP contribution in [0.3, 0.4) is 0 Å². The van der Waals surface area contributed by atoms with Crippen LogP contribution in [-0.2, 0) is 9.09 Å². The molecule has 0 amide bonds. The smallest absolute Gasteiger partial charge is 0.376 e. The first-order valence-electron chi connectivity index (χ1n) is 6.27. The van der Waals surface area contributed by atoms with E-state index in [0.29, 0.717) is 0 Å². The number of hydrogen-bond donors (Lipinski definition) is 0. The van der Waals surface area contributed by atoms with Crippen molar-refractivity contribution in [3.63, 3.8) is 0 Å². The maximum atomic E-state index is 13.4. The Labute approximate surface area is 107 Å². The van der Waals surface area contributed by atoms with Gasteiger partial charge in [-0.25, -0.2) is 8.96 Å². The van der Waals surface area contributed by atoms with Gasteiger partial charge in [0.25, 0.3) is 0 Å². The van der Waals surface area contributed by atoms with Gasteiger partial charge in [-0.1, -0.05) is 31.4 Å². The topological polar surface area (TPSA) is 35.5 Å². The molecule has 0 bridgehead atoms. The Kier molecular flexibility index (Phi) is 4.41. The maximum Gasteiger partial charge on any atom is 0.376 e. The second kappa shape index (κ2) is 5.85. The van der Waals surface area contributed by atoms with E-state index in [1.54, 1.807) is 12.1 Å². The van der Waals surface area contributed by atoms with E-state index in [9.17, 15) is 8.96 Å². The van der Waals surface area contributed by atoms with E-state index in [1.165, 1.54) is 25.2 Å². The molecule has 5 heteroatoms. The SMILES string of the molecule is CP(=O)(Oc1ccccc1F)OC1CCCCC1. The Bertz CT molecular complexity index is 444. The van der Waals surface area contributed by atoms with Crippen LogP contribution in [0.2, 0.25) is 0 Å². The van der Waals surface area contributed by atoms with E-state index < -0.39 is 13.4 Å². The minimum Gasteiger partial charge on any atom is -0.421 e. The Balaban J connectivity index is 1.98. The summed E-state index contributed by atoms with van der Waals surface area (Å²) < 4.78 is 36.3. The van der Waals surface area contributed by atoms with Gasteiger partial charge < -0.3 is 4.52 Å². The summed E-state index contributed by atoms with van der Waals surface area (Å²) in [5.41, 5.74) is 0. The van der Waals surface area contributed by atoms with Crippen LogP contribution in [0.5, 0.6) is 5.75 Å². The van der Waals surface area contributed by atoms with Crippen LogP contribution in [0.25, 0.3) is 0 Å². The summed E-state index contributed by atoms with van der Waals surface area (Å²) >= 11 is 0. The summed E-state index contributed by atoms with van der Waals surface area (Å²) in [6.45, 7) is 1.40. The molecule has 1 atom stereocenters. The molecule has 18 heavy (non-hydrogen) atoms. The summed E-state index contributed by atoms with van der Waals surface area (Å²) in [6, 6.07) is 5.93. The number of halogens is 1. The maximum absolute atomic E-state index is 13.4. The van der Waals surface area contributed by atoms with Gasteiger partial charge in [0.2, 0.25) is 0 Å². The lowest BCUT2D eigenvalue weighted by Crippen LogP contribution is -2.16. The van der Waals surface area contributed by atoms with Gasteiger partial charge in [-0.3, -0.25) is 4.52 Å². The van der Waals surface area contributed by atoms with E-state index in [0.717, 1.165) is 25.7 Å². The molecular weight excluding hydrogens is 254 g/mol. The van der Waals surface area contributed by atoms with Crippen molar-refractivity contribution in [2.75, 3.05) is 6.66 Å². The lowest BCUT2D eigenvalue weighted by molar-refractivity contribution is 0.139. The summed E-state index contributed by atoms with van der Waals surface area (Å²) in [4.78, 5) is 0. The van der Waals surface area contributed by atoms with Gasteiger partial charge in [-0.05, 0) is 25.0 Å². The van der Waals surface area contributed by atoms with Crippen LogP contribution < -0.4 is 4.52 Å². The van der Waals surface area contributed by atoms with Gasteiger partial charge in [-0.2, -0.15) is 0 Å². The fourth-order valence-electron chi connectivity index (χ4n) is 2.16. The molecule has 1 aliphatic carbocycles. The lowest BCUT2D eigenvalue weighted by Gasteiger charge is -2.25. The predicted octanol–water partition coefficient (Wildman–Crippen LogP) is 4.38. The minimum absolute atomic E-state index is 0.0147. The molecule has 0 heterocycles. The summed E-state index contributed by atoms with van der Waals surface area (Å²) in [5, 5.41) is 0. The third kappa shape index (κ3) is 3.82. The van der Waals surface area contributed by atoms with E-state index >= 15 is 0 Å². The van der Waals surface area contributed by atoms with Crippen molar-refractivity contribution < 1.29 is 18.0 Å². The Morgan fingerprint density at radius 3 is 2.56 bits per heavy atom. The highest BCUT2D eigenvalue weighted by Crippen LogP contribution is 2.47. The zero-order valence-corrected chi connectivity index (χ0v) is 11.4. The number of rotatable bonds is 4. The van der Waals surface area contributed by atoms with E-state index in [4.69, 9.17) is 9.05 Å². The molecule has 1 fully saturated rings. The number of para-hydroxylation sites is 1. The van der Waals surface area contributed by atoms with Crippen molar-refractivity contribution in [3.05, 3.63) is 30.1 Å². The molecule has 1 aliphatic rings.